The first-order chi connectivity index (χ1) is 15.9. The Balaban J connectivity index is 2.08. The minimum atomic E-state index is -0.360. The Morgan fingerprint density at radius 3 is 2.55 bits per heavy atom. The van der Waals surface area contributed by atoms with E-state index in [1.54, 1.807) is 30.0 Å². The van der Waals surface area contributed by atoms with Gasteiger partial charge in [-0.2, -0.15) is 0 Å². The Kier molecular flexibility index (Phi) is 10.8. The van der Waals surface area contributed by atoms with Gasteiger partial charge in [0, 0.05) is 30.1 Å². The number of ether oxygens (including phenoxy) is 2. The summed E-state index contributed by atoms with van der Waals surface area (Å²) in [7, 11) is 0. The third-order valence-corrected chi connectivity index (χ3v) is 4.55. The van der Waals surface area contributed by atoms with Crippen molar-refractivity contribution >= 4 is 29.4 Å². The summed E-state index contributed by atoms with van der Waals surface area (Å²) >= 11 is 6.23. The smallest absolute Gasteiger partial charge is 0.307 e. The molecule has 0 aliphatic heterocycles. The molecule has 0 aliphatic rings. The van der Waals surface area contributed by atoms with Gasteiger partial charge in [-0.1, -0.05) is 41.9 Å². The minimum Gasteiger partial charge on any atom is -0.493 e. The van der Waals surface area contributed by atoms with Crippen LogP contribution >= 0.6 is 11.6 Å². The molecule has 0 saturated carbocycles. The summed E-state index contributed by atoms with van der Waals surface area (Å²) in [6.45, 7) is 3.15. The van der Waals surface area contributed by atoms with E-state index in [2.05, 4.69) is 5.16 Å². The van der Waals surface area contributed by atoms with Crippen LogP contribution in [0.4, 0.5) is 0 Å². The molecule has 10 heteroatoms. The van der Waals surface area contributed by atoms with Gasteiger partial charge in [-0.3, -0.25) is 9.59 Å². The molecule has 0 fully saturated rings. The predicted molar refractivity (Wildman–Crippen MR) is 126 cm³/mol. The van der Waals surface area contributed by atoms with Crippen molar-refractivity contribution in [2.75, 3.05) is 26.4 Å². The molecule has 2 aromatic carbocycles. The Bertz CT molecular complexity index is 936. The first-order valence-electron chi connectivity index (χ1n) is 10.5. The minimum absolute atomic E-state index is 0.0894. The highest BCUT2D eigenvalue weighted by atomic mass is 35.5. The summed E-state index contributed by atoms with van der Waals surface area (Å²) in [5, 5.41) is 3.79. The second-order valence-corrected chi connectivity index (χ2v) is 7.43. The molecule has 0 heterocycles. The maximum atomic E-state index is 13.3. The Morgan fingerprint density at radius 2 is 1.85 bits per heavy atom. The highest BCUT2D eigenvalue weighted by Crippen LogP contribution is 2.23. The van der Waals surface area contributed by atoms with Gasteiger partial charge in [-0.25, -0.2) is 0 Å². The highest BCUT2D eigenvalue weighted by Gasteiger charge is 2.19. The van der Waals surface area contributed by atoms with Crippen LogP contribution in [0.3, 0.4) is 0 Å². The molecule has 0 spiro atoms. The summed E-state index contributed by atoms with van der Waals surface area (Å²) in [6.07, 6.45) is 0.610. The van der Waals surface area contributed by atoms with Gasteiger partial charge in [-0.05, 0) is 35.8 Å². The molecule has 178 valence electrons. The summed E-state index contributed by atoms with van der Waals surface area (Å²) < 4.78 is 10.7. The van der Waals surface area contributed by atoms with Crippen molar-refractivity contribution < 1.29 is 23.9 Å². The quantitative estimate of drug-likeness (QED) is 0.149. The van der Waals surface area contributed by atoms with Crippen LogP contribution in [-0.2, 0) is 20.9 Å². The molecular weight excluding hydrogens is 448 g/mol. The van der Waals surface area contributed by atoms with Crippen LogP contribution in [0.25, 0.3) is 0 Å². The van der Waals surface area contributed by atoms with Crippen LogP contribution in [-0.4, -0.2) is 49.1 Å². The molecular formula is C23H29ClN4O5. The molecule has 1 amide bonds. The van der Waals surface area contributed by atoms with E-state index in [9.17, 15) is 9.59 Å². The number of guanidine groups is 1. The van der Waals surface area contributed by atoms with Gasteiger partial charge in [0.15, 0.2) is 0 Å². The topological polar surface area (TPSA) is 129 Å². The van der Waals surface area contributed by atoms with Crippen molar-refractivity contribution in [3.8, 4) is 5.75 Å². The van der Waals surface area contributed by atoms with Crippen molar-refractivity contribution in [1.82, 2.24) is 4.90 Å². The van der Waals surface area contributed by atoms with Gasteiger partial charge in [0.1, 0.15) is 12.4 Å². The zero-order valence-corrected chi connectivity index (χ0v) is 19.3. The number of nitrogens with two attached hydrogens (primary N) is 2. The maximum absolute atomic E-state index is 13.3. The first kappa shape index (κ1) is 25.8. The number of carbonyl (C=O) groups excluding carboxylic acids is 2. The number of hydrogen-bond donors (Lipinski definition) is 2. The average Bonchev–Trinajstić information content (AvgIpc) is 2.78. The molecule has 0 radical (unpaired) electrons. The van der Waals surface area contributed by atoms with Crippen LogP contribution in [0.15, 0.2) is 53.7 Å². The molecule has 9 nitrogen and oxygen atoms in total. The Hall–Kier alpha value is -3.46. The zero-order chi connectivity index (χ0) is 24.1. The lowest BCUT2D eigenvalue weighted by Gasteiger charge is -2.23. The number of esters is 1. The summed E-state index contributed by atoms with van der Waals surface area (Å²) in [5.41, 5.74) is 11.7. The van der Waals surface area contributed by atoms with E-state index in [1.165, 1.54) is 0 Å². The van der Waals surface area contributed by atoms with Crippen LogP contribution in [0.1, 0.15) is 35.7 Å². The average molecular weight is 477 g/mol. The highest BCUT2D eigenvalue weighted by molar-refractivity contribution is 6.31. The second-order valence-electron chi connectivity index (χ2n) is 6.99. The summed E-state index contributed by atoms with van der Waals surface area (Å²) in [6, 6.07) is 14.3. The van der Waals surface area contributed by atoms with E-state index in [0.29, 0.717) is 35.9 Å². The standard InChI is InChI=1S/C23H29ClN4O5/c1-2-31-21(29)9-10-28(16-17-7-4-3-5-8-17)22(30)18-13-19(24)15-20(14-18)32-11-6-12-33-27-23(25)26/h3-5,7-8,13-15H,2,6,9-12,16H2,1H3,(H4,25,26,27). The molecule has 2 rings (SSSR count). The number of benzene rings is 2. The lowest BCUT2D eigenvalue weighted by atomic mass is 10.1. The molecule has 0 aromatic heterocycles. The Morgan fingerprint density at radius 1 is 1.09 bits per heavy atom. The summed E-state index contributed by atoms with van der Waals surface area (Å²) in [5.74, 6) is -0.345. The molecule has 0 atom stereocenters. The number of halogens is 1. The zero-order valence-electron chi connectivity index (χ0n) is 18.5. The van der Waals surface area contributed by atoms with Crippen LogP contribution in [0, 0.1) is 0 Å². The van der Waals surface area contributed by atoms with Gasteiger partial charge in [-0.15, -0.1) is 0 Å². The van der Waals surface area contributed by atoms with Crippen LogP contribution in [0.2, 0.25) is 5.02 Å². The first-order valence-corrected chi connectivity index (χ1v) is 10.9. The fourth-order valence-corrected chi connectivity index (χ4v) is 3.13. The number of oxime groups is 1. The largest absolute Gasteiger partial charge is 0.493 e. The molecule has 0 unspecified atom stereocenters. The molecule has 4 N–H and O–H groups in total. The van der Waals surface area contributed by atoms with E-state index in [1.807, 2.05) is 30.3 Å². The Labute approximate surface area is 198 Å². The van der Waals surface area contributed by atoms with Crippen molar-refractivity contribution in [2.24, 2.45) is 16.6 Å². The monoisotopic (exact) mass is 476 g/mol. The van der Waals surface area contributed by atoms with Crippen molar-refractivity contribution in [1.29, 1.82) is 0 Å². The molecule has 0 saturated heterocycles. The lowest BCUT2D eigenvalue weighted by Crippen LogP contribution is -2.33. The molecule has 0 bridgehead atoms. The summed E-state index contributed by atoms with van der Waals surface area (Å²) in [4.78, 5) is 31.7. The van der Waals surface area contributed by atoms with Crippen molar-refractivity contribution in [3.63, 3.8) is 0 Å². The van der Waals surface area contributed by atoms with Crippen LogP contribution < -0.4 is 16.2 Å². The van der Waals surface area contributed by atoms with Crippen LogP contribution in [0.5, 0.6) is 5.75 Å². The van der Waals surface area contributed by atoms with Gasteiger partial charge >= 0.3 is 5.97 Å². The SMILES string of the molecule is CCOC(=O)CCN(Cc1ccccc1)C(=O)c1cc(Cl)cc(OCCCON=C(N)N)c1. The third-order valence-electron chi connectivity index (χ3n) is 4.33. The number of rotatable bonds is 13. The van der Waals surface area contributed by atoms with E-state index >= 15 is 0 Å². The van der Waals surface area contributed by atoms with E-state index < -0.39 is 0 Å². The van der Waals surface area contributed by atoms with Gasteiger partial charge in [0.25, 0.3) is 5.91 Å². The fraction of sp³-hybridized carbons (Fsp3) is 0.348. The van der Waals surface area contributed by atoms with Crippen molar-refractivity contribution in [2.45, 2.75) is 26.3 Å². The number of carbonyl (C=O) groups is 2. The second kappa shape index (κ2) is 13.8. The molecule has 2 aromatic rings. The predicted octanol–water partition coefficient (Wildman–Crippen LogP) is 2.91. The molecule has 0 aliphatic carbocycles. The third kappa shape index (κ3) is 9.69. The lowest BCUT2D eigenvalue weighted by molar-refractivity contribution is -0.143. The number of nitrogens with zero attached hydrogens (tertiary/aromatic N) is 2. The van der Waals surface area contributed by atoms with Crippen molar-refractivity contribution in [3.05, 3.63) is 64.7 Å². The normalized spacial score (nSPS) is 10.2. The maximum Gasteiger partial charge on any atom is 0.307 e. The van der Waals surface area contributed by atoms with Gasteiger partial charge in [0.2, 0.25) is 5.96 Å². The van der Waals surface area contributed by atoms with E-state index in [-0.39, 0.29) is 44.0 Å². The van der Waals surface area contributed by atoms with Gasteiger partial charge in [0.05, 0.1) is 19.6 Å². The number of hydrogen-bond acceptors (Lipinski definition) is 6. The number of amides is 1. The fourth-order valence-electron chi connectivity index (χ4n) is 2.90. The van der Waals surface area contributed by atoms with E-state index in [4.69, 9.17) is 37.4 Å². The molecule has 33 heavy (non-hydrogen) atoms. The van der Waals surface area contributed by atoms with E-state index in [0.717, 1.165) is 5.56 Å². The van der Waals surface area contributed by atoms with Gasteiger partial charge < -0.3 is 30.7 Å².